The van der Waals surface area contributed by atoms with Gasteiger partial charge in [0.15, 0.2) is 0 Å². The lowest BCUT2D eigenvalue weighted by atomic mass is 9.88. The Balaban J connectivity index is 1.90. The van der Waals surface area contributed by atoms with Gasteiger partial charge in [-0.05, 0) is 64.1 Å². The van der Waals surface area contributed by atoms with E-state index < -0.39 is 0 Å². The minimum absolute atomic E-state index is 0.750. The second-order valence-electron chi connectivity index (χ2n) is 6.16. The van der Waals surface area contributed by atoms with E-state index in [-0.39, 0.29) is 0 Å². The highest BCUT2D eigenvalue weighted by Gasteiger charge is 2.37. The molecule has 2 aliphatic rings. The molecule has 1 saturated heterocycles. The number of rotatable bonds is 5. The van der Waals surface area contributed by atoms with E-state index in [9.17, 15) is 0 Å². The van der Waals surface area contributed by atoms with Crippen molar-refractivity contribution in [2.75, 3.05) is 19.6 Å². The third-order valence-corrected chi connectivity index (χ3v) is 5.10. The van der Waals surface area contributed by atoms with Crippen molar-refractivity contribution in [1.82, 2.24) is 10.2 Å². The molecule has 4 atom stereocenters. The van der Waals surface area contributed by atoms with Gasteiger partial charge in [0.25, 0.3) is 0 Å². The van der Waals surface area contributed by atoms with Crippen molar-refractivity contribution in [1.29, 1.82) is 0 Å². The molecule has 1 N–H and O–H groups in total. The molecule has 17 heavy (non-hydrogen) atoms. The molecular formula is C15H30N2. The minimum atomic E-state index is 0.750. The van der Waals surface area contributed by atoms with Crippen molar-refractivity contribution in [2.24, 2.45) is 11.8 Å². The van der Waals surface area contributed by atoms with E-state index >= 15 is 0 Å². The fourth-order valence-corrected chi connectivity index (χ4v) is 3.87. The molecule has 4 unspecified atom stereocenters. The summed E-state index contributed by atoms with van der Waals surface area (Å²) in [7, 11) is 0. The average molecular weight is 238 g/mol. The maximum absolute atomic E-state index is 3.50. The molecule has 0 bridgehead atoms. The molecule has 0 aromatic carbocycles. The van der Waals surface area contributed by atoms with Crippen LogP contribution >= 0.6 is 0 Å². The predicted molar refractivity (Wildman–Crippen MR) is 74.2 cm³/mol. The molecule has 2 rings (SSSR count). The third-order valence-electron chi connectivity index (χ3n) is 5.10. The van der Waals surface area contributed by atoms with Crippen molar-refractivity contribution in [2.45, 2.75) is 65.0 Å². The van der Waals surface area contributed by atoms with Gasteiger partial charge < -0.3 is 5.32 Å². The van der Waals surface area contributed by atoms with Crippen LogP contribution in [0.4, 0.5) is 0 Å². The topological polar surface area (TPSA) is 15.3 Å². The van der Waals surface area contributed by atoms with E-state index in [0.29, 0.717) is 0 Å². The second kappa shape index (κ2) is 6.19. The van der Waals surface area contributed by atoms with Crippen LogP contribution < -0.4 is 5.32 Å². The Morgan fingerprint density at radius 2 is 1.94 bits per heavy atom. The first kappa shape index (κ1) is 13.4. The summed E-state index contributed by atoms with van der Waals surface area (Å²) in [6, 6.07) is 1.67. The lowest BCUT2D eigenvalue weighted by Gasteiger charge is -2.43. The highest BCUT2D eigenvalue weighted by molar-refractivity contribution is 4.92. The van der Waals surface area contributed by atoms with Crippen LogP contribution in [0.5, 0.6) is 0 Å². The number of likely N-dealkylation sites (tertiary alicyclic amines) is 1. The molecule has 1 aliphatic heterocycles. The Morgan fingerprint density at radius 3 is 2.71 bits per heavy atom. The van der Waals surface area contributed by atoms with E-state index in [4.69, 9.17) is 0 Å². The van der Waals surface area contributed by atoms with E-state index in [1.54, 1.807) is 0 Å². The molecule has 0 aromatic heterocycles. The van der Waals surface area contributed by atoms with Crippen LogP contribution in [0.25, 0.3) is 0 Å². The first-order valence-electron chi connectivity index (χ1n) is 7.70. The Labute approximate surface area is 107 Å². The Bertz CT molecular complexity index is 229. The predicted octanol–water partition coefficient (Wildman–Crippen LogP) is 2.89. The Hall–Kier alpha value is -0.0800. The van der Waals surface area contributed by atoms with Crippen molar-refractivity contribution >= 4 is 0 Å². The van der Waals surface area contributed by atoms with Crippen molar-refractivity contribution < 1.29 is 0 Å². The number of hydrogen-bond donors (Lipinski definition) is 1. The van der Waals surface area contributed by atoms with Crippen LogP contribution in [0.2, 0.25) is 0 Å². The van der Waals surface area contributed by atoms with Gasteiger partial charge in [0, 0.05) is 12.1 Å². The summed E-state index contributed by atoms with van der Waals surface area (Å²) in [4.78, 5) is 2.84. The largest absolute Gasteiger partial charge is 0.317 e. The standard InChI is InChI=1S/C15H30N2/c1-4-16-11-12(2)13(3)17-10-6-8-14-7-5-9-15(14)17/h12-16H,4-11H2,1-3H3. The Morgan fingerprint density at radius 1 is 1.18 bits per heavy atom. The van der Waals surface area contributed by atoms with Crippen molar-refractivity contribution in [3.8, 4) is 0 Å². The Kier molecular flexibility index (Phi) is 4.87. The minimum Gasteiger partial charge on any atom is -0.317 e. The van der Waals surface area contributed by atoms with Gasteiger partial charge in [-0.2, -0.15) is 0 Å². The molecular weight excluding hydrogens is 208 g/mol. The molecule has 100 valence electrons. The van der Waals surface area contributed by atoms with Crippen molar-refractivity contribution in [3.05, 3.63) is 0 Å². The monoisotopic (exact) mass is 238 g/mol. The fraction of sp³-hybridized carbons (Fsp3) is 1.00. The normalized spacial score (nSPS) is 33.4. The number of nitrogens with one attached hydrogen (secondary N) is 1. The van der Waals surface area contributed by atoms with E-state index in [1.165, 1.54) is 45.2 Å². The van der Waals surface area contributed by atoms with Gasteiger partial charge >= 0.3 is 0 Å². The van der Waals surface area contributed by atoms with Crippen molar-refractivity contribution in [3.63, 3.8) is 0 Å². The molecule has 1 saturated carbocycles. The third kappa shape index (κ3) is 3.03. The second-order valence-corrected chi connectivity index (χ2v) is 6.16. The highest BCUT2D eigenvalue weighted by Crippen LogP contribution is 2.38. The van der Waals surface area contributed by atoms with Gasteiger partial charge in [0.2, 0.25) is 0 Å². The van der Waals surface area contributed by atoms with Crippen LogP contribution in [-0.4, -0.2) is 36.6 Å². The summed E-state index contributed by atoms with van der Waals surface area (Å²) in [5.74, 6) is 1.80. The number of fused-ring (bicyclic) bond motifs is 1. The van der Waals surface area contributed by atoms with Crippen LogP contribution in [0, 0.1) is 11.8 Å². The van der Waals surface area contributed by atoms with Gasteiger partial charge in [0.05, 0.1) is 0 Å². The van der Waals surface area contributed by atoms with Crippen LogP contribution in [0.1, 0.15) is 52.9 Å². The summed E-state index contributed by atoms with van der Waals surface area (Å²) >= 11 is 0. The first-order valence-corrected chi connectivity index (χ1v) is 7.70. The number of piperidine rings is 1. The first-order chi connectivity index (χ1) is 8.24. The molecule has 0 radical (unpaired) electrons. The fourth-order valence-electron chi connectivity index (χ4n) is 3.87. The zero-order chi connectivity index (χ0) is 12.3. The van der Waals surface area contributed by atoms with E-state index in [1.807, 2.05) is 0 Å². The molecule has 2 heteroatoms. The summed E-state index contributed by atoms with van der Waals surface area (Å²) in [6.45, 7) is 10.7. The number of hydrogen-bond acceptors (Lipinski definition) is 2. The molecule has 0 aromatic rings. The van der Waals surface area contributed by atoms with Crippen LogP contribution in [0.15, 0.2) is 0 Å². The molecule has 0 amide bonds. The summed E-state index contributed by atoms with van der Waals surface area (Å²) < 4.78 is 0. The van der Waals surface area contributed by atoms with E-state index in [2.05, 4.69) is 31.0 Å². The maximum Gasteiger partial charge on any atom is 0.0126 e. The zero-order valence-corrected chi connectivity index (χ0v) is 11.9. The SMILES string of the molecule is CCNCC(C)C(C)N1CCCC2CCCC21. The van der Waals surface area contributed by atoms with Gasteiger partial charge in [-0.1, -0.05) is 20.3 Å². The molecule has 0 spiro atoms. The zero-order valence-electron chi connectivity index (χ0n) is 11.9. The summed E-state index contributed by atoms with van der Waals surface area (Å²) in [5.41, 5.74) is 0. The van der Waals surface area contributed by atoms with Crippen LogP contribution in [0.3, 0.4) is 0 Å². The molecule has 1 heterocycles. The summed E-state index contributed by atoms with van der Waals surface area (Å²) in [6.07, 6.45) is 7.35. The van der Waals surface area contributed by atoms with Gasteiger partial charge in [-0.3, -0.25) is 4.90 Å². The average Bonchev–Trinajstić information content (AvgIpc) is 2.82. The van der Waals surface area contributed by atoms with Gasteiger partial charge in [-0.15, -0.1) is 0 Å². The van der Waals surface area contributed by atoms with E-state index in [0.717, 1.165) is 30.5 Å². The number of nitrogens with zero attached hydrogens (tertiary/aromatic N) is 1. The quantitative estimate of drug-likeness (QED) is 0.792. The lowest BCUT2D eigenvalue weighted by Crippen LogP contribution is -2.50. The molecule has 2 nitrogen and oxygen atoms in total. The molecule has 1 aliphatic carbocycles. The smallest absolute Gasteiger partial charge is 0.0126 e. The van der Waals surface area contributed by atoms with Gasteiger partial charge in [0.1, 0.15) is 0 Å². The highest BCUT2D eigenvalue weighted by atomic mass is 15.2. The molecule has 2 fully saturated rings. The lowest BCUT2D eigenvalue weighted by molar-refractivity contribution is 0.0513. The maximum atomic E-state index is 3.50. The summed E-state index contributed by atoms with van der Waals surface area (Å²) in [5, 5.41) is 3.50. The van der Waals surface area contributed by atoms with Crippen LogP contribution in [-0.2, 0) is 0 Å². The van der Waals surface area contributed by atoms with Gasteiger partial charge in [-0.25, -0.2) is 0 Å².